The first-order valence-corrected chi connectivity index (χ1v) is 6.26. The first kappa shape index (κ1) is 11.7. The number of rotatable bonds is 1. The zero-order valence-electron chi connectivity index (χ0n) is 10.4. The summed E-state index contributed by atoms with van der Waals surface area (Å²) in [7, 11) is 0. The Morgan fingerprint density at radius 1 is 1.21 bits per heavy atom. The van der Waals surface area contributed by atoms with Gasteiger partial charge in [-0.25, -0.2) is 4.79 Å². The van der Waals surface area contributed by atoms with Gasteiger partial charge in [-0.15, -0.1) is 0 Å². The molecular weight excluding hydrogens is 240 g/mol. The largest absolute Gasteiger partial charge is 0.465 e. The zero-order chi connectivity index (χ0) is 13.2. The van der Waals surface area contributed by atoms with Crippen LogP contribution in [0.15, 0.2) is 42.6 Å². The molecule has 2 heterocycles. The minimum absolute atomic E-state index is 0.464. The van der Waals surface area contributed by atoms with E-state index in [1.807, 2.05) is 30.3 Å². The molecule has 0 unspecified atom stereocenters. The maximum Gasteiger partial charge on any atom is 0.407 e. The average molecular weight is 254 g/mol. The molecule has 1 aromatic carbocycles. The van der Waals surface area contributed by atoms with E-state index < -0.39 is 6.09 Å². The van der Waals surface area contributed by atoms with E-state index in [2.05, 4.69) is 11.1 Å². The maximum atomic E-state index is 11.0. The van der Waals surface area contributed by atoms with Crippen molar-refractivity contribution in [2.75, 3.05) is 6.54 Å². The van der Waals surface area contributed by atoms with Gasteiger partial charge in [0.05, 0.1) is 5.69 Å². The Hall–Kier alpha value is -2.36. The molecule has 1 amide bonds. The highest BCUT2D eigenvalue weighted by atomic mass is 16.4. The minimum atomic E-state index is -0.853. The van der Waals surface area contributed by atoms with Crippen molar-refractivity contribution in [3.63, 3.8) is 0 Å². The maximum absolute atomic E-state index is 11.0. The van der Waals surface area contributed by atoms with E-state index in [4.69, 9.17) is 5.11 Å². The second-order valence-corrected chi connectivity index (χ2v) is 4.61. The Morgan fingerprint density at radius 3 is 2.84 bits per heavy atom. The molecule has 0 radical (unpaired) electrons. The number of nitrogens with zero attached hydrogens (tertiary/aromatic N) is 2. The Morgan fingerprint density at radius 2 is 2.11 bits per heavy atom. The Balaban J connectivity index is 2.02. The van der Waals surface area contributed by atoms with Crippen LogP contribution in [-0.4, -0.2) is 27.6 Å². The van der Waals surface area contributed by atoms with Gasteiger partial charge < -0.3 is 10.0 Å². The van der Waals surface area contributed by atoms with Gasteiger partial charge in [-0.3, -0.25) is 4.98 Å². The third-order valence-corrected chi connectivity index (χ3v) is 3.48. The molecule has 96 valence electrons. The molecule has 0 bridgehead atoms. The van der Waals surface area contributed by atoms with Gasteiger partial charge in [-0.05, 0) is 29.7 Å². The van der Waals surface area contributed by atoms with Gasteiger partial charge in [-0.2, -0.15) is 0 Å². The summed E-state index contributed by atoms with van der Waals surface area (Å²) in [4.78, 5) is 16.9. The molecule has 0 aliphatic carbocycles. The molecule has 0 fully saturated rings. The molecule has 0 atom stereocenters. The molecule has 1 N–H and O–H groups in total. The summed E-state index contributed by atoms with van der Waals surface area (Å²) < 4.78 is 0. The third kappa shape index (κ3) is 2.17. The van der Waals surface area contributed by atoms with Gasteiger partial charge in [0.25, 0.3) is 0 Å². The van der Waals surface area contributed by atoms with E-state index in [0.29, 0.717) is 13.1 Å². The first-order valence-electron chi connectivity index (χ1n) is 6.26. The predicted molar refractivity (Wildman–Crippen MR) is 71.8 cm³/mol. The normalized spacial score (nSPS) is 14.0. The molecule has 1 aromatic heterocycles. The molecule has 4 heteroatoms. The number of fused-ring (bicyclic) bond motifs is 1. The van der Waals surface area contributed by atoms with Crippen LogP contribution in [0, 0.1) is 0 Å². The molecule has 4 nitrogen and oxygen atoms in total. The molecule has 1 aliphatic rings. The summed E-state index contributed by atoms with van der Waals surface area (Å²) in [6.07, 6.45) is 1.67. The predicted octanol–water partition coefficient (Wildman–Crippen LogP) is 2.78. The van der Waals surface area contributed by atoms with Gasteiger partial charge in [0.2, 0.25) is 0 Å². The standard InChI is InChI=1S/C15H14N2O2/c18-15(19)17-9-7-12-11(10-17)4-3-5-13(12)14-6-1-2-8-16-14/h1-6,8H,7,9-10H2,(H,18,19). The lowest BCUT2D eigenvalue weighted by Crippen LogP contribution is -2.34. The van der Waals surface area contributed by atoms with Crippen molar-refractivity contribution in [2.45, 2.75) is 13.0 Å². The van der Waals surface area contributed by atoms with Crippen LogP contribution in [0.1, 0.15) is 11.1 Å². The topological polar surface area (TPSA) is 53.4 Å². The Kier molecular flexibility index (Phi) is 2.91. The van der Waals surface area contributed by atoms with Crippen LogP contribution < -0.4 is 0 Å². The average Bonchev–Trinajstić information content (AvgIpc) is 2.47. The minimum Gasteiger partial charge on any atom is -0.465 e. The molecule has 3 rings (SSSR count). The van der Waals surface area contributed by atoms with Crippen molar-refractivity contribution in [1.82, 2.24) is 9.88 Å². The van der Waals surface area contributed by atoms with Gasteiger partial charge in [-0.1, -0.05) is 24.3 Å². The highest BCUT2D eigenvalue weighted by Gasteiger charge is 2.22. The highest BCUT2D eigenvalue weighted by Crippen LogP contribution is 2.29. The SMILES string of the molecule is O=C(O)N1CCc2c(cccc2-c2ccccn2)C1. The number of carboxylic acid groups (broad SMARTS) is 1. The Bertz CT molecular complexity index is 611. The van der Waals surface area contributed by atoms with Crippen molar-refractivity contribution in [1.29, 1.82) is 0 Å². The fourth-order valence-electron chi connectivity index (χ4n) is 2.53. The lowest BCUT2D eigenvalue weighted by atomic mass is 9.93. The summed E-state index contributed by atoms with van der Waals surface area (Å²) in [5.74, 6) is 0. The van der Waals surface area contributed by atoms with Crippen molar-refractivity contribution < 1.29 is 9.90 Å². The monoisotopic (exact) mass is 254 g/mol. The number of carbonyl (C=O) groups is 1. The molecule has 1 aliphatic heterocycles. The van der Waals surface area contributed by atoms with E-state index in [0.717, 1.165) is 23.2 Å². The van der Waals surface area contributed by atoms with Crippen molar-refractivity contribution in [2.24, 2.45) is 0 Å². The van der Waals surface area contributed by atoms with Crippen LogP contribution in [0.25, 0.3) is 11.3 Å². The van der Waals surface area contributed by atoms with E-state index in [1.54, 1.807) is 6.20 Å². The number of pyridine rings is 1. The number of hydrogen-bond acceptors (Lipinski definition) is 2. The lowest BCUT2D eigenvalue weighted by molar-refractivity contribution is 0.140. The van der Waals surface area contributed by atoms with E-state index in [1.165, 1.54) is 10.5 Å². The summed E-state index contributed by atoms with van der Waals surface area (Å²) in [6.45, 7) is 1.01. The van der Waals surface area contributed by atoms with Crippen molar-refractivity contribution in [3.8, 4) is 11.3 Å². The second kappa shape index (κ2) is 4.72. The highest BCUT2D eigenvalue weighted by molar-refractivity contribution is 5.69. The summed E-state index contributed by atoms with van der Waals surface area (Å²) in [5, 5.41) is 9.06. The van der Waals surface area contributed by atoms with Gasteiger partial charge >= 0.3 is 6.09 Å². The van der Waals surface area contributed by atoms with Gasteiger partial charge in [0.15, 0.2) is 0 Å². The van der Waals surface area contributed by atoms with Crippen LogP contribution in [0.2, 0.25) is 0 Å². The van der Waals surface area contributed by atoms with E-state index >= 15 is 0 Å². The van der Waals surface area contributed by atoms with Crippen LogP contribution in [0.4, 0.5) is 4.79 Å². The number of hydrogen-bond donors (Lipinski definition) is 1. The van der Waals surface area contributed by atoms with Crippen molar-refractivity contribution in [3.05, 3.63) is 53.7 Å². The second-order valence-electron chi connectivity index (χ2n) is 4.61. The fourth-order valence-corrected chi connectivity index (χ4v) is 2.53. The summed E-state index contributed by atoms with van der Waals surface area (Å²) in [5.41, 5.74) is 4.36. The molecule has 2 aromatic rings. The number of benzene rings is 1. The van der Waals surface area contributed by atoms with Crippen molar-refractivity contribution >= 4 is 6.09 Å². The van der Waals surface area contributed by atoms with E-state index in [9.17, 15) is 4.79 Å². The third-order valence-electron chi connectivity index (χ3n) is 3.48. The molecular formula is C15H14N2O2. The molecule has 0 saturated heterocycles. The number of aromatic nitrogens is 1. The lowest BCUT2D eigenvalue weighted by Gasteiger charge is -2.27. The van der Waals surface area contributed by atoms with Crippen LogP contribution in [0.5, 0.6) is 0 Å². The van der Waals surface area contributed by atoms with Crippen LogP contribution in [-0.2, 0) is 13.0 Å². The Labute approximate surface area is 111 Å². The van der Waals surface area contributed by atoms with E-state index in [-0.39, 0.29) is 0 Å². The molecule has 0 saturated carbocycles. The number of amides is 1. The quantitative estimate of drug-likeness (QED) is 0.851. The summed E-state index contributed by atoms with van der Waals surface area (Å²) >= 11 is 0. The van der Waals surface area contributed by atoms with Gasteiger partial charge in [0.1, 0.15) is 0 Å². The van der Waals surface area contributed by atoms with Crippen LogP contribution >= 0.6 is 0 Å². The van der Waals surface area contributed by atoms with Gasteiger partial charge in [0, 0.05) is 24.8 Å². The summed E-state index contributed by atoms with van der Waals surface area (Å²) in [6, 6.07) is 11.9. The smallest absolute Gasteiger partial charge is 0.407 e. The zero-order valence-corrected chi connectivity index (χ0v) is 10.4. The fraction of sp³-hybridized carbons (Fsp3) is 0.200. The molecule has 0 spiro atoms. The van der Waals surface area contributed by atoms with Crippen LogP contribution in [0.3, 0.4) is 0 Å². The first-order chi connectivity index (χ1) is 9.25. The molecule has 19 heavy (non-hydrogen) atoms.